The van der Waals surface area contributed by atoms with Gasteiger partial charge in [-0.1, -0.05) is 6.07 Å². The number of hydrogen-bond acceptors (Lipinski definition) is 5. The predicted molar refractivity (Wildman–Crippen MR) is 88.3 cm³/mol. The number of anilines is 1. The van der Waals surface area contributed by atoms with E-state index in [1.807, 2.05) is 0 Å². The van der Waals surface area contributed by atoms with E-state index in [1.165, 1.54) is 54.6 Å². The van der Waals surface area contributed by atoms with Crippen LogP contribution in [0.5, 0.6) is 0 Å². The van der Waals surface area contributed by atoms with Gasteiger partial charge >= 0.3 is 5.63 Å². The highest BCUT2D eigenvalue weighted by molar-refractivity contribution is 7.92. The molecular formula is C16H12N2O5S. The normalized spacial score (nSPS) is 11.3. The topological polar surface area (TPSA) is 119 Å². The maximum atomic E-state index is 12.5. The molecule has 8 heteroatoms. The number of benzene rings is 2. The zero-order chi connectivity index (χ0) is 17.3. The van der Waals surface area contributed by atoms with Crippen molar-refractivity contribution in [3.8, 4) is 0 Å². The number of nitrogens with one attached hydrogen (secondary N) is 1. The fraction of sp³-hybridized carbons (Fsp3) is 0. The largest absolute Gasteiger partial charge is 0.423 e. The number of carbonyl (C=O) groups is 1. The van der Waals surface area contributed by atoms with Gasteiger partial charge < -0.3 is 10.2 Å². The Kier molecular flexibility index (Phi) is 3.82. The molecule has 1 heterocycles. The Labute approximate surface area is 136 Å². The summed E-state index contributed by atoms with van der Waals surface area (Å²) in [4.78, 5) is 22.3. The van der Waals surface area contributed by atoms with Crippen LogP contribution in [0.2, 0.25) is 0 Å². The molecule has 0 aliphatic carbocycles. The van der Waals surface area contributed by atoms with Crippen molar-refractivity contribution in [3.05, 3.63) is 70.6 Å². The molecule has 0 atom stereocenters. The molecule has 1 aromatic heterocycles. The lowest BCUT2D eigenvalue weighted by molar-refractivity contribution is 0.100. The number of sulfonamides is 1. The van der Waals surface area contributed by atoms with Crippen LogP contribution < -0.4 is 16.1 Å². The van der Waals surface area contributed by atoms with Gasteiger partial charge in [0.05, 0.1) is 4.90 Å². The van der Waals surface area contributed by atoms with Crippen LogP contribution in [-0.2, 0) is 10.0 Å². The fourth-order valence-electron chi connectivity index (χ4n) is 2.17. The second kappa shape index (κ2) is 5.82. The second-order valence-electron chi connectivity index (χ2n) is 5.00. The molecule has 7 nitrogen and oxygen atoms in total. The predicted octanol–water partition coefficient (Wildman–Crippen LogP) is 1.69. The summed E-state index contributed by atoms with van der Waals surface area (Å²) in [6.45, 7) is 0. The van der Waals surface area contributed by atoms with Gasteiger partial charge in [-0.15, -0.1) is 0 Å². The third-order valence-corrected chi connectivity index (χ3v) is 4.68. The molecule has 0 aliphatic heterocycles. The molecule has 0 saturated carbocycles. The minimum Gasteiger partial charge on any atom is -0.423 e. The van der Waals surface area contributed by atoms with Crippen molar-refractivity contribution >= 4 is 32.6 Å². The number of carbonyl (C=O) groups excluding carboxylic acids is 1. The Hall–Kier alpha value is -3.13. The first-order chi connectivity index (χ1) is 11.3. The smallest absolute Gasteiger partial charge is 0.336 e. The lowest BCUT2D eigenvalue weighted by atomic mass is 10.2. The van der Waals surface area contributed by atoms with Crippen LogP contribution in [0.1, 0.15) is 10.4 Å². The summed E-state index contributed by atoms with van der Waals surface area (Å²) in [6.07, 6.45) is 0. The molecule has 0 fully saturated rings. The Morgan fingerprint density at radius 2 is 1.83 bits per heavy atom. The van der Waals surface area contributed by atoms with Crippen molar-refractivity contribution in [3.63, 3.8) is 0 Å². The molecule has 122 valence electrons. The summed E-state index contributed by atoms with van der Waals surface area (Å²) in [6, 6.07) is 12.7. The second-order valence-corrected chi connectivity index (χ2v) is 6.69. The Morgan fingerprint density at radius 1 is 1.04 bits per heavy atom. The molecule has 0 aliphatic rings. The van der Waals surface area contributed by atoms with Gasteiger partial charge in [-0.3, -0.25) is 9.52 Å². The first-order valence-electron chi connectivity index (χ1n) is 6.82. The van der Waals surface area contributed by atoms with Crippen LogP contribution in [0.3, 0.4) is 0 Å². The summed E-state index contributed by atoms with van der Waals surface area (Å²) in [5.74, 6) is -0.656. The standard InChI is InChI=1S/C16H12N2O5S/c17-16(20)11-2-1-3-12(8-11)18-24(21,22)13-5-6-14-10(9-13)4-7-15(19)23-14/h1-9,18H,(H2,17,20). The monoisotopic (exact) mass is 344 g/mol. The van der Waals surface area contributed by atoms with Gasteiger partial charge in [-0.05, 0) is 42.5 Å². The van der Waals surface area contributed by atoms with E-state index in [0.29, 0.717) is 5.39 Å². The fourth-order valence-corrected chi connectivity index (χ4v) is 3.25. The average molecular weight is 344 g/mol. The van der Waals surface area contributed by atoms with E-state index < -0.39 is 21.6 Å². The molecule has 3 rings (SSSR count). The average Bonchev–Trinajstić information content (AvgIpc) is 2.54. The molecule has 0 bridgehead atoms. The van der Waals surface area contributed by atoms with Crippen molar-refractivity contribution in [1.82, 2.24) is 0 Å². The Morgan fingerprint density at radius 3 is 2.58 bits per heavy atom. The van der Waals surface area contributed by atoms with Crippen molar-refractivity contribution < 1.29 is 17.6 Å². The van der Waals surface area contributed by atoms with E-state index in [0.717, 1.165) is 0 Å². The van der Waals surface area contributed by atoms with Gasteiger partial charge in [0, 0.05) is 22.7 Å². The van der Waals surface area contributed by atoms with Crippen LogP contribution in [0.15, 0.2) is 68.7 Å². The minimum absolute atomic E-state index is 0.00618. The summed E-state index contributed by atoms with van der Waals surface area (Å²) >= 11 is 0. The highest BCUT2D eigenvalue weighted by atomic mass is 32.2. The molecule has 3 N–H and O–H groups in total. The van der Waals surface area contributed by atoms with Gasteiger partial charge in [0.2, 0.25) is 5.91 Å². The Balaban J connectivity index is 1.98. The van der Waals surface area contributed by atoms with Crippen LogP contribution >= 0.6 is 0 Å². The van der Waals surface area contributed by atoms with Gasteiger partial charge in [-0.25, -0.2) is 13.2 Å². The highest BCUT2D eigenvalue weighted by Crippen LogP contribution is 2.21. The first-order valence-corrected chi connectivity index (χ1v) is 8.30. The van der Waals surface area contributed by atoms with Crippen LogP contribution in [0, 0.1) is 0 Å². The lowest BCUT2D eigenvalue weighted by Gasteiger charge is -2.09. The van der Waals surface area contributed by atoms with Crippen LogP contribution in [0.4, 0.5) is 5.69 Å². The molecule has 1 amide bonds. The molecule has 0 radical (unpaired) electrons. The number of primary amides is 1. The van der Waals surface area contributed by atoms with Crippen molar-refractivity contribution in [1.29, 1.82) is 0 Å². The summed E-state index contributed by atoms with van der Waals surface area (Å²) in [7, 11) is -3.88. The maximum absolute atomic E-state index is 12.5. The van der Waals surface area contributed by atoms with E-state index in [4.69, 9.17) is 10.2 Å². The zero-order valence-electron chi connectivity index (χ0n) is 12.2. The summed E-state index contributed by atoms with van der Waals surface area (Å²) < 4.78 is 32.3. The van der Waals surface area contributed by atoms with E-state index in [9.17, 15) is 18.0 Å². The SMILES string of the molecule is NC(=O)c1cccc(NS(=O)(=O)c2ccc3oc(=O)ccc3c2)c1. The number of nitrogens with two attached hydrogens (primary N) is 1. The number of amides is 1. The maximum Gasteiger partial charge on any atom is 0.336 e. The van der Waals surface area contributed by atoms with Gasteiger partial charge in [0.25, 0.3) is 10.0 Å². The Bertz CT molecular complexity index is 1100. The van der Waals surface area contributed by atoms with Crippen molar-refractivity contribution in [2.24, 2.45) is 5.73 Å². The van der Waals surface area contributed by atoms with E-state index in [2.05, 4.69) is 4.72 Å². The molecule has 0 spiro atoms. The third kappa shape index (κ3) is 3.13. The van der Waals surface area contributed by atoms with Gasteiger partial charge in [0.1, 0.15) is 5.58 Å². The first kappa shape index (κ1) is 15.8. The molecule has 24 heavy (non-hydrogen) atoms. The molecular weight excluding hydrogens is 332 g/mol. The molecule has 3 aromatic rings. The molecule has 0 saturated heterocycles. The number of hydrogen-bond donors (Lipinski definition) is 2. The summed E-state index contributed by atoms with van der Waals surface area (Å²) in [5.41, 5.74) is 5.36. The number of rotatable bonds is 4. The lowest BCUT2D eigenvalue weighted by Crippen LogP contribution is -2.15. The highest BCUT2D eigenvalue weighted by Gasteiger charge is 2.16. The van der Waals surface area contributed by atoms with Crippen LogP contribution in [0.25, 0.3) is 11.0 Å². The van der Waals surface area contributed by atoms with Crippen LogP contribution in [-0.4, -0.2) is 14.3 Å². The van der Waals surface area contributed by atoms with E-state index >= 15 is 0 Å². The third-order valence-electron chi connectivity index (χ3n) is 3.30. The summed E-state index contributed by atoms with van der Waals surface area (Å²) in [5, 5.41) is 0.475. The quantitative estimate of drug-likeness (QED) is 0.698. The van der Waals surface area contributed by atoms with Crippen molar-refractivity contribution in [2.45, 2.75) is 4.90 Å². The van der Waals surface area contributed by atoms with Gasteiger partial charge in [0.15, 0.2) is 0 Å². The molecule has 2 aromatic carbocycles. The van der Waals surface area contributed by atoms with Gasteiger partial charge in [-0.2, -0.15) is 0 Å². The number of fused-ring (bicyclic) bond motifs is 1. The zero-order valence-corrected chi connectivity index (χ0v) is 13.0. The van der Waals surface area contributed by atoms with E-state index in [1.54, 1.807) is 0 Å². The van der Waals surface area contributed by atoms with Crippen molar-refractivity contribution in [2.75, 3.05) is 4.72 Å². The van der Waals surface area contributed by atoms with E-state index in [-0.39, 0.29) is 21.7 Å². The minimum atomic E-state index is -3.88. The molecule has 0 unspecified atom stereocenters.